The monoisotopic (exact) mass is 490 g/mol. The predicted molar refractivity (Wildman–Crippen MR) is 124 cm³/mol. The van der Waals surface area contributed by atoms with Gasteiger partial charge in [-0.3, -0.25) is 0 Å². The molecule has 4 aromatic rings. The molecule has 6 nitrogen and oxygen atoms in total. The number of aromatic nitrogens is 3. The lowest BCUT2D eigenvalue weighted by atomic mass is 10.2. The van der Waals surface area contributed by atoms with Crippen molar-refractivity contribution in [2.75, 3.05) is 11.6 Å². The van der Waals surface area contributed by atoms with Gasteiger partial charge >= 0.3 is 0 Å². The van der Waals surface area contributed by atoms with Crippen LogP contribution >= 0.6 is 47.8 Å². The maximum atomic E-state index is 11.6. The highest BCUT2D eigenvalue weighted by molar-refractivity contribution is 7.90. The average molecular weight is 492 g/mol. The van der Waals surface area contributed by atoms with Crippen LogP contribution in [0.4, 0.5) is 5.82 Å². The van der Waals surface area contributed by atoms with Crippen LogP contribution in [0.5, 0.6) is 0 Å². The van der Waals surface area contributed by atoms with Gasteiger partial charge in [0.1, 0.15) is 17.0 Å². The van der Waals surface area contributed by atoms with Gasteiger partial charge in [0.25, 0.3) is 0 Å². The molecule has 0 radical (unpaired) electrons. The maximum absolute atomic E-state index is 11.6. The second-order valence-corrected chi connectivity index (χ2v) is 9.61. The number of pyridine rings is 1. The topological polar surface area (TPSA) is 84.8 Å². The number of benzene rings is 1. The number of rotatable bonds is 4. The number of aryl methyl sites for hydroxylation is 1. The molecule has 0 aliphatic heterocycles. The number of anilines is 1. The summed E-state index contributed by atoms with van der Waals surface area (Å²) in [6, 6.07) is 6.80. The Hall–Kier alpha value is -1.71. The van der Waals surface area contributed by atoms with Crippen molar-refractivity contribution in [3.8, 4) is 0 Å². The van der Waals surface area contributed by atoms with E-state index in [4.69, 9.17) is 11.6 Å². The Morgan fingerprint density at radius 1 is 1.10 bits per heavy atom. The number of hydrogen-bond donors (Lipinski definition) is 1. The summed E-state index contributed by atoms with van der Waals surface area (Å²) in [5, 5.41) is 4.87. The van der Waals surface area contributed by atoms with E-state index < -0.39 is 9.84 Å². The fourth-order valence-corrected chi connectivity index (χ4v) is 4.72. The van der Waals surface area contributed by atoms with Crippen LogP contribution in [0.1, 0.15) is 11.1 Å². The van der Waals surface area contributed by atoms with Crippen molar-refractivity contribution in [2.45, 2.75) is 18.4 Å². The molecule has 0 bridgehead atoms. The fourth-order valence-electron chi connectivity index (χ4n) is 2.82. The second-order valence-electron chi connectivity index (χ2n) is 6.18. The van der Waals surface area contributed by atoms with Gasteiger partial charge in [-0.25, -0.2) is 23.4 Å². The summed E-state index contributed by atoms with van der Waals surface area (Å²) in [5.74, 6) is 0.714. The molecular formula is C18H17Cl3N4O2S2. The molecule has 3 aromatic heterocycles. The summed E-state index contributed by atoms with van der Waals surface area (Å²) in [6.45, 7) is 2.47. The van der Waals surface area contributed by atoms with Crippen molar-refractivity contribution >= 4 is 83.8 Å². The van der Waals surface area contributed by atoms with Gasteiger partial charge in [0, 0.05) is 24.4 Å². The van der Waals surface area contributed by atoms with Crippen LogP contribution < -0.4 is 5.32 Å². The molecule has 3 heterocycles. The largest absolute Gasteiger partial charge is 0.365 e. The lowest BCUT2D eigenvalue weighted by molar-refractivity contribution is 0.602. The fraction of sp³-hybridized carbons (Fsp3) is 0.167. The van der Waals surface area contributed by atoms with E-state index in [1.165, 1.54) is 23.9 Å². The summed E-state index contributed by atoms with van der Waals surface area (Å²) < 4.78 is 24.0. The van der Waals surface area contributed by atoms with E-state index in [9.17, 15) is 8.42 Å². The third kappa shape index (κ3) is 4.57. The van der Waals surface area contributed by atoms with Crippen molar-refractivity contribution < 1.29 is 8.42 Å². The lowest BCUT2D eigenvalue weighted by Crippen LogP contribution is -2.03. The first kappa shape index (κ1) is 23.6. The molecule has 29 heavy (non-hydrogen) atoms. The molecule has 0 aliphatic rings. The molecule has 1 N–H and O–H groups in total. The normalized spacial score (nSPS) is 11.1. The SMILES string of the molecule is Cc1c(Cl)cnc2sc3c(NCc4ccc(S(C)(=O)=O)cc4)ncnc3c12.Cl.Cl. The highest BCUT2D eigenvalue weighted by Gasteiger charge is 2.15. The third-order valence-corrected chi connectivity index (χ3v) is 6.90. The number of thiophene rings is 1. The number of sulfone groups is 1. The van der Waals surface area contributed by atoms with Crippen molar-refractivity contribution in [3.05, 3.63) is 52.9 Å². The predicted octanol–water partition coefficient (Wildman–Crippen LogP) is 5.06. The molecule has 0 saturated carbocycles. The van der Waals surface area contributed by atoms with Gasteiger partial charge in [-0.2, -0.15) is 0 Å². The Morgan fingerprint density at radius 3 is 2.45 bits per heavy atom. The molecule has 0 spiro atoms. The van der Waals surface area contributed by atoms with E-state index in [0.29, 0.717) is 22.3 Å². The number of halogens is 3. The minimum Gasteiger partial charge on any atom is -0.365 e. The number of nitrogens with one attached hydrogen (secondary N) is 1. The highest BCUT2D eigenvalue weighted by Crippen LogP contribution is 2.38. The van der Waals surface area contributed by atoms with Crippen molar-refractivity contribution in [1.29, 1.82) is 0 Å². The zero-order chi connectivity index (χ0) is 19.2. The van der Waals surface area contributed by atoms with Gasteiger partial charge in [0.05, 0.1) is 20.1 Å². The molecule has 0 aliphatic carbocycles. The molecule has 0 atom stereocenters. The summed E-state index contributed by atoms with van der Waals surface area (Å²) >= 11 is 7.73. The maximum Gasteiger partial charge on any atom is 0.175 e. The van der Waals surface area contributed by atoms with Gasteiger partial charge in [0.2, 0.25) is 0 Å². The van der Waals surface area contributed by atoms with Gasteiger partial charge in [-0.05, 0) is 30.2 Å². The Morgan fingerprint density at radius 2 is 1.79 bits per heavy atom. The minimum atomic E-state index is -3.20. The summed E-state index contributed by atoms with van der Waals surface area (Å²) in [4.78, 5) is 14.4. The summed E-state index contributed by atoms with van der Waals surface area (Å²) in [6.07, 6.45) is 4.37. The standard InChI is InChI=1S/C18H15ClN4O2S2.2ClH/c1-10-13(19)8-21-18-14(10)15-16(26-18)17(23-9-22-15)20-7-11-3-5-12(6-4-11)27(2,24)25;;/h3-6,8-9H,7H2,1-2H3,(H,20,22,23);2*1H. The molecule has 0 unspecified atom stereocenters. The van der Waals surface area contributed by atoms with Crippen molar-refractivity contribution in [2.24, 2.45) is 0 Å². The Balaban J connectivity index is 0.00000150. The van der Waals surface area contributed by atoms with Crippen LogP contribution in [0.25, 0.3) is 20.4 Å². The number of nitrogens with zero attached hydrogens (tertiary/aromatic N) is 3. The van der Waals surface area contributed by atoms with Gasteiger partial charge in [-0.1, -0.05) is 23.7 Å². The molecule has 1 aromatic carbocycles. The van der Waals surface area contributed by atoms with E-state index in [-0.39, 0.29) is 24.8 Å². The molecule has 154 valence electrons. The smallest absolute Gasteiger partial charge is 0.175 e. The molecule has 11 heteroatoms. The first-order valence-corrected chi connectivity index (χ1v) is 11.1. The van der Waals surface area contributed by atoms with Crippen LogP contribution in [0, 0.1) is 6.92 Å². The Kier molecular flexibility index (Phi) is 7.29. The van der Waals surface area contributed by atoms with Crippen molar-refractivity contribution in [1.82, 2.24) is 15.0 Å². The van der Waals surface area contributed by atoms with Crippen LogP contribution in [0.3, 0.4) is 0 Å². The van der Waals surface area contributed by atoms with Gasteiger partial charge < -0.3 is 5.32 Å². The van der Waals surface area contributed by atoms with E-state index in [1.54, 1.807) is 30.5 Å². The molecule has 0 saturated heterocycles. The molecule has 0 fully saturated rings. The molecular weight excluding hydrogens is 475 g/mol. The lowest BCUT2D eigenvalue weighted by Gasteiger charge is -2.07. The highest BCUT2D eigenvalue weighted by atomic mass is 35.5. The zero-order valence-corrected chi connectivity index (χ0v) is 19.4. The van der Waals surface area contributed by atoms with E-state index in [2.05, 4.69) is 20.3 Å². The average Bonchev–Trinajstić information content (AvgIpc) is 3.02. The molecule has 0 amide bonds. The first-order valence-electron chi connectivity index (χ1n) is 8.06. The third-order valence-electron chi connectivity index (χ3n) is 4.29. The summed E-state index contributed by atoms with van der Waals surface area (Å²) in [5.41, 5.74) is 2.73. The van der Waals surface area contributed by atoms with E-state index >= 15 is 0 Å². The quantitative estimate of drug-likeness (QED) is 0.429. The van der Waals surface area contributed by atoms with E-state index in [0.717, 1.165) is 31.6 Å². The molecule has 4 rings (SSSR count). The van der Waals surface area contributed by atoms with Crippen LogP contribution in [-0.4, -0.2) is 29.6 Å². The van der Waals surface area contributed by atoms with Crippen molar-refractivity contribution in [3.63, 3.8) is 0 Å². The Labute approximate surface area is 189 Å². The van der Waals surface area contributed by atoms with Crippen LogP contribution in [0.15, 0.2) is 41.7 Å². The second kappa shape index (κ2) is 8.97. The minimum absolute atomic E-state index is 0. The zero-order valence-electron chi connectivity index (χ0n) is 15.3. The van der Waals surface area contributed by atoms with Gasteiger partial charge in [0.15, 0.2) is 9.84 Å². The van der Waals surface area contributed by atoms with E-state index in [1.807, 2.05) is 6.92 Å². The van der Waals surface area contributed by atoms with Crippen LogP contribution in [0.2, 0.25) is 5.02 Å². The number of hydrogen-bond acceptors (Lipinski definition) is 7. The number of fused-ring (bicyclic) bond motifs is 3. The van der Waals surface area contributed by atoms with Crippen LogP contribution in [-0.2, 0) is 16.4 Å². The Bertz CT molecular complexity index is 1280. The van der Waals surface area contributed by atoms with Gasteiger partial charge in [-0.15, -0.1) is 36.2 Å². The summed E-state index contributed by atoms with van der Waals surface area (Å²) in [7, 11) is -3.20. The first-order chi connectivity index (χ1) is 12.8.